The number of carboxylic acid groups (broad SMARTS) is 1. The van der Waals surface area contributed by atoms with Gasteiger partial charge in [0.2, 0.25) is 5.76 Å². The minimum atomic E-state index is -1.01. The van der Waals surface area contributed by atoms with Gasteiger partial charge in [0.25, 0.3) is 5.91 Å². The normalized spacial score (nSPS) is 10.3. The van der Waals surface area contributed by atoms with Crippen LogP contribution in [0, 0.1) is 6.92 Å². The van der Waals surface area contributed by atoms with Crippen molar-refractivity contribution >= 4 is 11.9 Å². The molecule has 1 aromatic heterocycles. The second-order valence-corrected chi connectivity index (χ2v) is 4.60. The van der Waals surface area contributed by atoms with E-state index in [-0.39, 0.29) is 17.2 Å². The molecule has 2 rings (SSSR count). The Morgan fingerprint density at radius 3 is 2.77 bits per heavy atom. The molecular formula is C15H16N2O5. The van der Waals surface area contributed by atoms with Crippen LogP contribution in [-0.2, 0) is 6.42 Å². The maximum atomic E-state index is 11.9. The van der Waals surface area contributed by atoms with Crippen molar-refractivity contribution < 1.29 is 23.8 Å². The van der Waals surface area contributed by atoms with E-state index >= 15 is 0 Å². The van der Waals surface area contributed by atoms with Crippen molar-refractivity contribution in [3.8, 4) is 5.75 Å². The summed E-state index contributed by atoms with van der Waals surface area (Å²) in [4.78, 5) is 26.6. The third-order valence-electron chi connectivity index (χ3n) is 3.17. The summed E-state index contributed by atoms with van der Waals surface area (Å²) in [6, 6.07) is 4.64. The van der Waals surface area contributed by atoms with Crippen LogP contribution in [0.2, 0.25) is 0 Å². The van der Waals surface area contributed by atoms with Crippen molar-refractivity contribution in [2.75, 3.05) is 13.7 Å². The van der Waals surface area contributed by atoms with Crippen LogP contribution in [0.25, 0.3) is 0 Å². The Balaban J connectivity index is 1.98. The quantitative estimate of drug-likeness (QED) is 0.841. The first-order valence-corrected chi connectivity index (χ1v) is 6.61. The molecule has 0 aliphatic rings. The Kier molecular flexibility index (Phi) is 4.77. The van der Waals surface area contributed by atoms with E-state index in [1.165, 1.54) is 25.6 Å². The van der Waals surface area contributed by atoms with Gasteiger partial charge in [-0.1, -0.05) is 6.07 Å². The molecule has 0 atom stereocenters. The number of aromatic carboxylic acids is 1. The van der Waals surface area contributed by atoms with Crippen LogP contribution >= 0.6 is 0 Å². The second kappa shape index (κ2) is 6.75. The van der Waals surface area contributed by atoms with E-state index in [0.717, 1.165) is 5.56 Å². The Labute approximate surface area is 126 Å². The van der Waals surface area contributed by atoms with E-state index in [4.69, 9.17) is 14.3 Å². The van der Waals surface area contributed by atoms with Gasteiger partial charge in [-0.05, 0) is 31.0 Å². The van der Waals surface area contributed by atoms with Crippen molar-refractivity contribution in [3.63, 3.8) is 0 Å². The number of carboxylic acids is 1. The first-order chi connectivity index (χ1) is 10.5. The third-order valence-corrected chi connectivity index (χ3v) is 3.17. The number of oxazole rings is 1. The summed E-state index contributed by atoms with van der Waals surface area (Å²) in [5.41, 5.74) is 1.49. The van der Waals surface area contributed by atoms with Crippen LogP contribution in [0.4, 0.5) is 0 Å². The van der Waals surface area contributed by atoms with E-state index in [2.05, 4.69) is 10.3 Å². The largest absolute Gasteiger partial charge is 0.496 e. The lowest BCUT2D eigenvalue weighted by Crippen LogP contribution is -2.26. The Morgan fingerprint density at radius 2 is 2.18 bits per heavy atom. The average Bonchev–Trinajstić information content (AvgIpc) is 2.93. The molecule has 7 heteroatoms. The summed E-state index contributed by atoms with van der Waals surface area (Å²) in [5.74, 6) is -0.687. The van der Waals surface area contributed by atoms with Gasteiger partial charge in [-0.15, -0.1) is 0 Å². The van der Waals surface area contributed by atoms with Crippen molar-refractivity contribution in [2.45, 2.75) is 13.3 Å². The van der Waals surface area contributed by atoms with Crippen molar-refractivity contribution in [2.24, 2.45) is 0 Å². The van der Waals surface area contributed by atoms with Gasteiger partial charge in [-0.2, -0.15) is 0 Å². The number of aromatic nitrogens is 1. The Bertz CT molecular complexity index is 693. The number of methoxy groups -OCH3 is 1. The predicted molar refractivity (Wildman–Crippen MR) is 77.2 cm³/mol. The number of aryl methyl sites for hydroxylation is 1. The molecule has 0 saturated heterocycles. The molecule has 2 aromatic rings. The van der Waals surface area contributed by atoms with Crippen LogP contribution in [0.1, 0.15) is 32.2 Å². The van der Waals surface area contributed by atoms with E-state index < -0.39 is 5.97 Å². The molecule has 0 radical (unpaired) electrons. The van der Waals surface area contributed by atoms with Gasteiger partial charge >= 0.3 is 5.97 Å². The smallest absolute Gasteiger partial charge is 0.335 e. The van der Waals surface area contributed by atoms with Gasteiger partial charge in [0.1, 0.15) is 5.75 Å². The number of benzene rings is 1. The topological polar surface area (TPSA) is 102 Å². The molecule has 1 amide bonds. The highest BCUT2D eigenvalue weighted by molar-refractivity contribution is 5.92. The number of hydrogen-bond acceptors (Lipinski definition) is 5. The molecule has 0 saturated carbocycles. The number of carbonyl (C=O) groups is 2. The van der Waals surface area contributed by atoms with Crippen LogP contribution in [0.3, 0.4) is 0 Å². The first-order valence-electron chi connectivity index (χ1n) is 6.61. The van der Waals surface area contributed by atoms with Crippen LogP contribution < -0.4 is 10.1 Å². The SMILES string of the molecule is COc1cc(C(=O)O)ccc1CCNC(=O)c1ocnc1C. The molecule has 22 heavy (non-hydrogen) atoms. The highest BCUT2D eigenvalue weighted by Crippen LogP contribution is 2.20. The lowest BCUT2D eigenvalue weighted by molar-refractivity contribution is 0.0696. The number of ether oxygens (including phenoxy) is 1. The Morgan fingerprint density at radius 1 is 1.41 bits per heavy atom. The standard InChI is InChI=1S/C15H16N2O5/c1-9-13(22-8-17-9)14(18)16-6-5-10-3-4-11(15(19)20)7-12(10)21-2/h3-4,7-8H,5-6H2,1-2H3,(H,16,18)(H,19,20). The second-order valence-electron chi connectivity index (χ2n) is 4.60. The maximum absolute atomic E-state index is 11.9. The molecular weight excluding hydrogens is 288 g/mol. The minimum absolute atomic E-state index is 0.155. The van der Waals surface area contributed by atoms with Gasteiger partial charge in [0, 0.05) is 6.54 Å². The predicted octanol–water partition coefficient (Wildman–Crippen LogP) is 1.66. The summed E-state index contributed by atoms with van der Waals surface area (Å²) in [5, 5.41) is 11.7. The lowest BCUT2D eigenvalue weighted by atomic mass is 10.1. The molecule has 1 aromatic carbocycles. The zero-order chi connectivity index (χ0) is 16.1. The third kappa shape index (κ3) is 3.43. The molecule has 7 nitrogen and oxygen atoms in total. The average molecular weight is 304 g/mol. The van der Waals surface area contributed by atoms with E-state index in [9.17, 15) is 9.59 Å². The first kappa shape index (κ1) is 15.6. The van der Waals surface area contributed by atoms with E-state index in [0.29, 0.717) is 24.4 Å². The number of carbonyl (C=O) groups excluding carboxylic acids is 1. The number of nitrogens with one attached hydrogen (secondary N) is 1. The van der Waals surface area contributed by atoms with Crippen LogP contribution in [-0.4, -0.2) is 35.6 Å². The van der Waals surface area contributed by atoms with Crippen molar-refractivity contribution in [3.05, 3.63) is 47.2 Å². The lowest BCUT2D eigenvalue weighted by Gasteiger charge is -2.10. The monoisotopic (exact) mass is 304 g/mol. The summed E-state index contributed by atoms with van der Waals surface area (Å²) in [6.07, 6.45) is 1.72. The van der Waals surface area contributed by atoms with Crippen LogP contribution in [0.15, 0.2) is 29.0 Å². The number of hydrogen-bond donors (Lipinski definition) is 2. The molecule has 2 N–H and O–H groups in total. The molecule has 0 aliphatic carbocycles. The molecule has 0 fully saturated rings. The molecule has 116 valence electrons. The van der Waals surface area contributed by atoms with Crippen molar-refractivity contribution in [1.29, 1.82) is 0 Å². The van der Waals surface area contributed by atoms with Gasteiger partial charge < -0.3 is 19.6 Å². The highest BCUT2D eigenvalue weighted by Gasteiger charge is 2.14. The molecule has 0 aliphatic heterocycles. The van der Waals surface area contributed by atoms with Gasteiger partial charge in [0.05, 0.1) is 18.4 Å². The molecule has 0 spiro atoms. The van der Waals surface area contributed by atoms with Gasteiger partial charge in [-0.25, -0.2) is 9.78 Å². The fourth-order valence-electron chi connectivity index (χ4n) is 1.99. The van der Waals surface area contributed by atoms with Gasteiger partial charge in [0.15, 0.2) is 6.39 Å². The number of rotatable bonds is 6. The molecule has 0 bridgehead atoms. The minimum Gasteiger partial charge on any atom is -0.496 e. The maximum Gasteiger partial charge on any atom is 0.335 e. The van der Waals surface area contributed by atoms with E-state index in [1.54, 1.807) is 13.0 Å². The molecule has 1 heterocycles. The molecule has 0 unspecified atom stereocenters. The highest BCUT2D eigenvalue weighted by atomic mass is 16.5. The summed E-state index contributed by atoms with van der Waals surface area (Å²) < 4.78 is 10.2. The summed E-state index contributed by atoms with van der Waals surface area (Å²) in [7, 11) is 1.47. The Hall–Kier alpha value is -2.83. The van der Waals surface area contributed by atoms with Gasteiger partial charge in [-0.3, -0.25) is 4.79 Å². The fraction of sp³-hybridized carbons (Fsp3) is 0.267. The summed E-state index contributed by atoms with van der Waals surface area (Å²) >= 11 is 0. The number of nitrogens with zero attached hydrogens (tertiary/aromatic N) is 1. The number of amides is 1. The fourth-order valence-corrected chi connectivity index (χ4v) is 1.99. The van der Waals surface area contributed by atoms with Crippen LogP contribution in [0.5, 0.6) is 5.75 Å². The zero-order valence-corrected chi connectivity index (χ0v) is 12.3. The van der Waals surface area contributed by atoms with Crippen molar-refractivity contribution in [1.82, 2.24) is 10.3 Å². The summed E-state index contributed by atoms with van der Waals surface area (Å²) in [6.45, 7) is 2.05. The van der Waals surface area contributed by atoms with E-state index in [1.807, 2.05) is 0 Å². The zero-order valence-electron chi connectivity index (χ0n) is 12.3.